The Bertz CT molecular complexity index is 749. The van der Waals surface area contributed by atoms with Crippen LogP contribution in [0, 0.1) is 6.92 Å². The molecular weight excluding hydrogens is 302 g/mol. The second-order valence-electron chi connectivity index (χ2n) is 5.81. The van der Waals surface area contributed by atoms with Crippen molar-refractivity contribution in [2.24, 2.45) is 0 Å². The Balaban J connectivity index is 2.25. The average molecular weight is 322 g/mol. The first-order valence-corrected chi connectivity index (χ1v) is 7.64. The summed E-state index contributed by atoms with van der Waals surface area (Å²) in [5, 5.41) is 1.33. The van der Waals surface area contributed by atoms with Gasteiger partial charge >= 0.3 is 5.63 Å². The summed E-state index contributed by atoms with van der Waals surface area (Å²) >= 11 is 6.14. The van der Waals surface area contributed by atoms with Gasteiger partial charge in [0.15, 0.2) is 0 Å². The zero-order valence-electron chi connectivity index (χ0n) is 13.1. The number of halogens is 1. The van der Waals surface area contributed by atoms with Crippen molar-refractivity contribution in [3.8, 4) is 0 Å². The third kappa shape index (κ3) is 4.18. The van der Waals surface area contributed by atoms with E-state index in [1.54, 1.807) is 12.1 Å². The standard InChI is InChI=1S/C17H20ClNO3/c1-11-7-16-14(10-15(11)18)12(9-17(21)22-16)8-13(20)5-4-6-19(2)3/h7,9-10H,4-6,8H2,1-3H3. The number of aryl methyl sites for hydroxylation is 1. The number of carbonyl (C=O) groups excluding carboxylic acids is 1. The molecule has 0 aliphatic carbocycles. The van der Waals surface area contributed by atoms with Gasteiger partial charge in [-0.3, -0.25) is 4.79 Å². The summed E-state index contributed by atoms with van der Waals surface area (Å²) in [6.07, 6.45) is 1.54. The van der Waals surface area contributed by atoms with Gasteiger partial charge in [0.05, 0.1) is 0 Å². The molecule has 4 nitrogen and oxygen atoms in total. The number of benzene rings is 1. The molecule has 22 heavy (non-hydrogen) atoms. The van der Waals surface area contributed by atoms with E-state index in [-0.39, 0.29) is 12.2 Å². The second-order valence-corrected chi connectivity index (χ2v) is 6.22. The van der Waals surface area contributed by atoms with Gasteiger partial charge in [-0.2, -0.15) is 0 Å². The summed E-state index contributed by atoms with van der Waals surface area (Å²) < 4.78 is 5.20. The first kappa shape index (κ1) is 16.7. The predicted molar refractivity (Wildman–Crippen MR) is 88.7 cm³/mol. The van der Waals surface area contributed by atoms with Crippen LogP contribution in [0.15, 0.2) is 27.4 Å². The molecule has 2 rings (SSSR count). The summed E-state index contributed by atoms with van der Waals surface area (Å²) in [5.41, 5.74) is 1.56. The van der Waals surface area contributed by atoms with Crippen LogP contribution < -0.4 is 5.63 Å². The van der Waals surface area contributed by atoms with Crippen LogP contribution in [-0.2, 0) is 11.2 Å². The lowest BCUT2D eigenvalue weighted by Gasteiger charge is -2.09. The first-order valence-electron chi connectivity index (χ1n) is 7.26. The Hall–Kier alpha value is -1.65. The molecule has 0 N–H and O–H groups in total. The molecule has 0 aliphatic heterocycles. The van der Waals surface area contributed by atoms with Crippen molar-refractivity contribution < 1.29 is 9.21 Å². The van der Waals surface area contributed by atoms with Gasteiger partial charge in [0.25, 0.3) is 0 Å². The maximum Gasteiger partial charge on any atom is 0.336 e. The van der Waals surface area contributed by atoms with Gasteiger partial charge in [0, 0.05) is 29.3 Å². The third-order valence-electron chi connectivity index (χ3n) is 3.56. The Morgan fingerprint density at radius 3 is 2.68 bits per heavy atom. The highest BCUT2D eigenvalue weighted by atomic mass is 35.5. The van der Waals surface area contributed by atoms with Crippen molar-refractivity contribution in [2.45, 2.75) is 26.2 Å². The number of ketones is 1. The molecule has 118 valence electrons. The maximum absolute atomic E-state index is 12.1. The van der Waals surface area contributed by atoms with Crippen LogP contribution in [0.2, 0.25) is 5.02 Å². The Morgan fingerprint density at radius 1 is 1.27 bits per heavy atom. The number of fused-ring (bicyclic) bond motifs is 1. The minimum Gasteiger partial charge on any atom is -0.423 e. The summed E-state index contributed by atoms with van der Waals surface area (Å²) in [6.45, 7) is 2.72. The molecule has 0 aliphatic rings. The molecule has 1 aromatic carbocycles. The maximum atomic E-state index is 12.1. The number of Topliss-reactive ketones (excluding diaryl/α,β-unsaturated/α-hetero) is 1. The lowest BCUT2D eigenvalue weighted by Crippen LogP contribution is -2.15. The van der Waals surface area contributed by atoms with Crippen molar-refractivity contribution in [3.63, 3.8) is 0 Å². The highest BCUT2D eigenvalue weighted by Crippen LogP contribution is 2.25. The molecule has 0 saturated heterocycles. The molecule has 0 amide bonds. The monoisotopic (exact) mass is 321 g/mol. The van der Waals surface area contributed by atoms with Gasteiger partial charge in [-0.25, -0.2) is 4.79 Å². The van der Waals surface area contributed by atoms with Gasteiger partial charge in [-0.05, 0) is 57.2 Å². The van der Waals surface area contributed by atoms with E-state index in [9.17, 15) is 9.59 Å². The molecule has 1 aromatic heterocycles. The summed E-state index contributed by atoms with van der Waals surface area (Å²) in [4.78, 5) is 25.8. The normalized spacial score (nSPS) is 11.3. The van der Waals surface area contributed by atoms with E-state index in [1.165, 1.54) is 6.07 Å². The first-order chi connectivity index (χ1) is 10.4. The number of carbonyl (C=O) groups is 1. The van der Waals surface area contributed by atoms with E-state index in [4.69, 9.17) is 16.0 Å². The minimum atomic E-state index is -0.440. The van der Waals surface area contributed by atoms with Gasteiger partial charge in [-0.15, -0.1) is 0 Å². The van der Waals surface area contributed by atoms with Crippen molar-refractivity contribution in [1.29, 1.82) is 0 Å². The molecule has 0 unspecified atom stereocenters. The van der Waals surface area contributed by atoms with E-state index in [0.29, 0.717) is 22.6 Å². The van der Waals surface area contributed by atoms with Crippen LogP contribution >= 0.6 is 11.6 Å². The fourth-order valence-electron chi connectivity index (χ4n) is 2.39. The fraction of sp³-hybridized carbons (Fsp3) is 0.412. The Morgan fingerprint density at radius 2 is 2.00 bits per heavy atom. The summed E-state index contributed by atoms with van der Waals surface area (Å²) in [5.74, 6) is 0.116. The van der Waals surface area contributed by atoms with E-state index >= 15 is 0 Å². The smallest absolute Gasteiger partial charge is 0.336 e. The van der Waals surface area contributed by atoms with E-state index < -0.39 is 5.63 Å². The van der Waals surface area contributed by atoms with Gasteiger partial charge in [0.1, 0.15) is 11.4 Å². The number of hydrogen-bond donors (Lipinski definition) is 0. The van der Waals surface area contributed by atoms with E-state index in [2.05, 4.69) is 0 Å². The third-order valence-corrected chi connectivity index (χ3v) is 3.97. The van der Waals surface area contributed by atoms with Crippen LogP contribution in [0.25, 0.3) is 11.0 Å². The van der Waals surface area contributed by atoms with Gasteiger partial charge in [0.2, 0.25) is 0 Å². The summed E-state index contributed by atoms with van der Waals surface area (Å²) in [6, 6.07) is 4.88. The van der Waals surface area contributed by atoms with E-state index in [1.807, 2.05) is 25.9 Å². The Kier molecular flexibility index (Phi) is 5.37. The molecule has 0 radical (unpaired) electrons. The highest BCUT2D eigenvalue weighted by Gasteiger charge is 2.12. The molecule has 0 bridgehead atoms. The largest absolute Gasteiger partial charge is 0.423 e. The van der Waals surface area contributed by atoms with Crippen molar-refractivity contribution in [3.05, 3.63) is 44.8 Å². The summed E-state index contributed by atoms with van der Waals surface area (Å²) in [7, 11) is 3.95. The lowest BCUT2D eigenvalue weighted by atomic mass is 10.0. The van der Waals surface area contributed by atoms with Crippen molar-refractivity contribution in [2.75, 3.05) is 20.6 Å². The van der Waals surface area contributed by atoms with Crippen LogP contribution in [0.1, 0.15) is 24.0 Å². The average Bonchev–Trinajstić information content (AvgIpc) is 2.40. The number of rotatable bonds is 6. The molecule has 2 aromatic rings. The Labute approximate surface area is 134 Å². The van der Waals surface area contributed by atoms with Crippen LogP contribution in [0.4, 0.5) is 0 Å². The fourth-order valence-corrected chi connectivity index (χ4v) is 2.55. The van der Waals surface area contributed by atoms with Crippen LogP contribution in [-0.4, -0.2) is 31.3 Å². The molecule has 0 spiro atoms. The number of nitrogens with zero attached hydrogens (tertiary/aromatic N) is 1. The second kappa shape index (κ2) is 7.07. The van der Waals surface area contributed by atoms with Crippen molar-refractivity contribution >= 4 is 28.4 Å². The molecule has 0 atom stereocenters. The van der Waals surface area contributed by atoms with Crippen molar-refractivity contribution in [1.82, 2.24) is 4.90 Å². The zero-order chi connectivity index (χ0) is 16.3. The van der Waals surface area contributed by atoms with Gasteiger partial charge < -0.3 is 9.32 Å². The molecule has 1 heterocycles. The zero-order valence-corrected chi connectivity index (χ0v) is 13.9. The molecule has 0 saturated carbocycles. The van der Waals surface area contributed by atoms with Gasteiger partial charge in [-0.1, -0.05) is 11.6 Å². The molecule has 5 heteroatoms. The van der Waals surface area contributed by atoms with E-state index in [0.717, 1.165) is 23.9 Å². The molecular formula is C17H20ClNO3. The topological polar surface area (TPSA) is 50.5 Å². The lowest BCUT2D eigenvalue weighted by molar-refractivity contribution is -0.118. The minimum absolute atomic E-state index is 0.116. The quantitative estimate of drug-likeness (QED) is 0.767. The highest BCUT2D eigenvalue weighted by molar-refractivity contribution is 6.32. The number of hydrogen-bond acceptors (Lipinski definition) is 4. The predicted octanol–water partition coefficient (Wildman–Crippen LogP) is 3.21. The SMILES string of the molecule is Cc1cc2oc(=O)cc(CC(=O)CCCN(C)C)c2cc1Cl. The van der Waals surface area contributed by atoms with Crippen LogP contribution in [0.3, 0.4) is 0 Å². The molecule has 0 fully saturated rings. The van der Waals surface area contributed by atoms with Crippen LogP contribution in [0.5, 0.6) is 0 Å².